The van der Waals surface area contributed by atoms with Crippen LogP contribution in [0.5, 0.6) is 0 Å². The predicted octanol–water partition coefficient (Wildman–Crippen LogP) is 2.80. The minimum atomic E-state index is -0.759. The molecular formula is C11H12BrClN2O2. The van der Waals surface area contributed by atoms with Crippen LogP contribution in [0.1, 0.15) is 13.3 Å². The summed E-state index contributed by atoms with van der Waals surface area (Å²) >= 11 is 9.22. The number of rotatable bonds is 2. The molecule has 1 aromatic heterocycles. The number of hydrogen-bond acceptors (Lipinski definition) is 3. The summed E-state index contributed by atoms with van der Waals surface area (Å²) in [5.41, 5.74) is -0.694. The summed E-state index contributed by atoms with van der Waals surface area (Å²) in [5, 5.41) is 9.73. The maximum absolute atomic E-state index is 11.2. The van der Waals surface area contributed by atoms with Gasteiger partial charge in [-0.05, 0) is 35.3 Å². The molecular weight excluding hydrogens is 307 g/mol. The van der Waals surface area contributed by atoms with Gasteiger partial charge in [-0.1, -0.05) is 11.6 Å². The Morgan fingerprint density at radius 1 is 1.71 bits per heavy atom. The lowest BCUT2D eigenvalue weighted by Gasteiger charge is -2.21. The van der Waals surface area contributed by atoms with Gasteiger partial charge in [0.25, 0.3) is 0 Å². The van der Waals surface area contributed by atoms with Crippen molar-refractivity contribution >= 4 is 39.3 Å². The lowest BCUT2D eigenvalue weighted by atomic mass is 9.90. The molecule has 1 atom stereocenters. The second-order valence-electron chi connectivity index (χ2n) is 4.50. The Kier molecular flexibility index (Phi) is 3.32. The van der Waals surface area contributed by atoms with Crippen molar-refractivity contribution in [2.75, 3.05) is 18.0 Å². The smallest absolute Gasteiger partial charge is 0.311 e. The van der Waals surface area contributed by atoms with E-state index in [0.29, 0.717) is 24.5 Å². The topological polar surface area (TPSA) is 53.4 Å². The average molecular weight is 320 g/mol. The Morgan fingerprint density at radius 2 is 2.41 bits per heavy atom. The Balaban J connectivity index is 2.24. The van der Waals surface area contributed by atoms with E-state index in [0.717, 1.165) is 10.3 Å². The molecule has 1 unspecified atom stereocenters. The number of carboxylic acid groups (broad SMARTS) is 1. The highest BCUT2D eigenvalue weighted by Crippen LogP contribution is 2.36. The van der Waals surface area contributed by atoms with Crippen LogP contribution in [0.3, 0.4) is 0 Å². The molecule has 0 aromatic carbocycles. The molecule has 0 spiro atoms. The summed E-state index contributed by atoms with van der Waals surface area (Å²) in [6.45, 7) is 2.92. The number of halogens is 2. The van der Waals surface area contributed by atoms with E-state index in [1.165, 1.54) is 0 Å². The first-order chi connectivity index (χ1) is 7.92. The first-order valence-corrected chi connectivity index (χ1v) is 6.39. The van der Waals surface area contributed by atoms with Crippen LogP contribution in [0.15, 0.2) is 16.7 Å². The Bertz CT molecular complexity index is 469. The van der Waals surface area contributed by atoms with Crippen molar-refractivity contribution in [2.45, 2.75) is 13.3 Å². The van der Waals surface area contributed by atoms with Gasteiger partial charge in [-0.25, -0.2) is 4.98 Å². The molecule has 1 aliphatic heterocycles. The molecule has 1 fully saturated rings. The number of nitrogens with zero attached hydrogens (tertiary/aromatic N) is 2. The van der Waals surface area contributed by atoms with E-state index in [9.17, 15) is 9.90 Å². The molecule has 2 rings (SSSR count). The zero-order chi connectivity index (χ0) is 12.6. The maximum Gasteiger partial charge on any atom is 0.311 e. The summed E-state index contributed by atoms with van der Waals surface area (Å²) in [5.74, 6) is -0.00976. The summed E-state index contributed by atoms with van der Waals surface area (Å²) in [6.07, 6.45) is 2.19. The first-order valence-electron chi connectivity index (χ1n) is 5.22. The fourth-order valence-corrected chi connectivity index (χ4v) is 2.85. The second-order valence-corrected chi connectivity index (χ2v) is 5.79. The minimum absolute atomic E-state index is 0.468. The molecule has 0 bridgehead atoms. The Labute approximate surface area is 113 Å². The molecule has 0 saturated carbocycles. The van der Waals surface area contributed by atoms with Gasteiger partial charge >= 0.3 is 5.97 Å². The van der Waals surface area contributed by atoms with E-state index in [1.807, 2.05) is 4.90 Å². The minimum Gasteiger partial charge on any atom is -0.481 e. The van der Waals surface area contributed by atoms with E-state index < -0.39 is 11.4 Å². The molecule has 92 valence electrons. The number of aliphatic carboxylic acids is 1. The highest BCUT2D eigenvalue weighted by molar-refractivity contribution is 9.10. The average Bonchev–Trinajstić information content (AvgIpc) is 2.62. The van der Waals surface area contributed by atoms with Crippen LogP contribution >= 0.6 is 27.5 Å². The van der Waals surface area contributed by atoms with Gasteiger partial charge in [-0.15, -0.1) is 0 Å². The number of carbonyl (C=O) groups is 1. The SMILES string of the molecule is CC1(C(=O)O)CCN(c2ncc(Cl)cc2Br)C1. The van der Waals surface area contributed by atoms with Crippen LogP contribution in [0.2, 0.25) is 5.02 Å². The molecule has 1 saturated heterocycles. The lowest BCUT2D eigenvalue weighted by Crippen LogP contribution is -2.32. The quantitative estimate of drug-likeness (QED) is 0.911. The molecule has 2 heterocycles. The van der Waals surface area contributed by atoms with Gasteiger partial charge in [0.05, 0.1) is 14.9 Å². The summed E-state index contributed by atoms with van der Waals surface area (Å²) < 4.78 is 0.791. The van der Waals surface area contributed by atoms with Gasteiger partial charge < -0.3 is 10.0 Å². The third-order valence-corrected chi connectivity index (χ3v) is 3.87. The van der Waals surface area contributed by atoms with Gasteiger partial charge in [0, 0.05) is 19.3 Å². The van der Waals surface area contributed by atoms with Crippen molar-refractivity contribution in [2.24, 2.45) is 5.41 Å². The van der Waals surface area contributed by atoms with Crippen molar-refractivity contribution in [3.8, 4) is 0 Å². The monoisotopic (exact) mass is 318 g/mol. The molecule has 0 amide bonds. The number of anilines is 1. The summed E-state index contributed by atoms with van der Waals surface area (Å²) in [4.78, 5) is 17.4. The third kappa shape index (κ3) is 2.40. The molecule has 1 N–H and O–H groups in total. The van der Waals surface area contributed by atoms with Crippen molar-refractivity contribution in [3.05, 3.63) is 21.8 Å². The van der Waals surface area contributed by atoms with Gasteiger partial charge in [0.2, 0.25) is 0 Å². The van der Waals surface area contributed by atoms with Crippen LogP contribution in [0.4, 0.5) is 5.82 Å². The summed E-state index contributed by atoms with van der Waals surface area (Å²) in [6, 6.07) is 1.76. The van der Waals surface area contributed by atoms with Crippen LogP contribution in [-0.4, -0.2) is 29.1 Å². The van der Waals surface area contributed by atoms with Crippen LogP contribution in [0.25, 0.3) is 0 Å². The van der Waals surface area contributed by atoms with Gasteiger partial charge in [-0.3, -0.25) is 4.79 Å². The maximum atomic E-state index is 11.2. The third-order valence-electron chi connectivity index (χ3n) is 3.08. The normalized spacial score (nSPS) is 24.1. The van der Waals surface area contributed by atoms with E-state index in [-0.39, 0.29) is 0 Å². The van der Waals surface area contributed by atoms with Crippen LogP contribution in [0, 0.1) is 5.41 Å². The fraction of sp³-hybridized carbons (Fsp3) is 0.455. The number of pyridine rings is 1. The Hall–Kier alpha value is -0.810. The highest BCUT2D eigenvalue weighted by atomic mass is 79.9. The van der Waals surface area contributed by atoms with Crippen molar-refractivity contribution in [1.29, 1.82) is 0 Å². The van der Waals surface area contributed by atoms with E-state index in [1.54, 1.807) is 19.2 Å². The highest BCUT2D eigenvalue weighted by Gasteiger charge is 2.41. The lowest BCUT2D eigenvalue weighted by molar-refractivity contribution is -0.146. The zero-order valence-corrected chi connectivity index (χ0v) is 11.6. The molecule has 6 heteroatoms. The van der Waals surface area contributed by atoms with Gasteiger partial charge in [0.1, 0.15) is 5.82 Å². The molecule has 4 nitrogen and oxygen atoms in total. The number of carboxylic acids is 1. The predicted molar refractivity (Wildman–Crippen MR) is 69.5 cm³/mol. The van der Waals surface area contributed by atoms with Gasteiger partial charge in [0.15, 0.2) is 0 Å². The van der Waals surface area contributed by atoms with Gasteiger partial charge in [-0.2, -0.15) is 0 Å². The van der Waals surface area contributed by atoms with Crippen LogP contribution < -0.4 is 4.90 Å². The molecule has 0 aliphatic carbocycles. The molecule has 1 aliphatic rings. The molecule has 1 aromatic rings. The Morgan fingerprint density at radius 3 is 2.94 bits per heavy atom. The largest absolute Gasteiger partial charge is 0.481 e. The standard InChI is InChI=1S/C11H12BrClN2O2/c1-11(10(16)17)2-3-15(6-11)9-8(12)4-7(13)5-14-9/h4-5H,2-3,6H2,1H3,(H,16,17). The van der Waals surface area contributed by atoms with E-state index in [2.05, 4.69) is 20.9 Å². The van der Waals surface area contributed by atoms with Crippen molar-refractivity contribution in [1.82, 2.24) is 4.98 Å². The number of aromatic nitrogens is 1. The molecule has 17 heavy (non-hydrogen) atoms. The first kappa shape index (κ1) is 12.6. The van der Waals surface area contributed by atoms with Crippen LogP contribution in [-0.2, 0) is 4.79 Å². The van der Waals surface area contributed by atoms with E-state index in [4.69, 9.17) is 11.6 Å². The molecule has 0 radical (unpaired) electrons. The van der Waals surface area contributed by atoms with E-state index >= 15 is 0 Å². The summed E-state index contributed by atoms with van der Waals surface area (Å²) in [7, 11) is 0. The van der Waals surface area contributed by atoms with Crippen molar-refractivity contribution in [3.63, 3.8) is 0 Å². The number of hydrogen-bond donors (Lipinski definition) is 1. The zero-order valence-electron chi connectivity index (χ0n) is 9.28. The fourth-order valence-electron chi connectivity index (χ4n) is 1.96. The van der Waals surface area contributed by atoms with Crippen molar-refractivity contribution < 1.29 is 9.90 Å². The second kappa shape index (κ2) is 4.46.